The summed E-state index contributed by atoms with van der Waals surface area (Å²) < 4.78 is 5.34. The number of amides is 1. The minimum absolute atomic E-state index is 0.238. The van der Waals surface area contributed by atoms with Gasteiger partial charge in [0.05, 0.1) is 6.54 Å². The third kappa shape index (κ3) is 6.36. The Morgan fingerprint density at radius 2 is 1.89 bits per heavy atom. The first kappa shape index (κ1) is 15.7. The van der Waals surface area contributed by atoms with E-state index in [1.807, 2.05) is 20.8 Å². The molecular formula is C13H23N3O3. The van der Waals surface area contributed by atoms with Crippen LogP contribution in [0, 0.1) is 0 Å². The van der Waals surface area contributed by atoms with Gasteiger partial charge in [-0.15, -0.1) is 0 Å². The molecule has 0 radical (unpaired) electrons. The van der Waals surface area contributed by atoms with E-state index in [0.29, 0.717) is 19.6 Å². The number of piperazine rings is 1. The standard InChI is InChI=1S/C13H23N3O3/c1-13(2,3)19-12(18)16-9-7-15(8-10-16)6-4-5-14-11-17/h4-10H2,1-3H3. The summed E-state index contributed by atoms with van der Waals surface area (Å²) in [6, 6.07) is 0. The van der Waals surface area contributed by atoms with Gasteiger partial charge in [0.1, 0.15) is 5.60 Å². The van der Waals surface area contributed by atoms with E-state index in [0.717, 1.165) is 26.1 Å². The molecule has 19 heavy (non-hydrogen) atoms. The molecule has 1 heterocycles. The number of rotatable bonds is 4. The fraction of sp³-hybridized carbons (Fsp3) is 0.846. The largest absolute Gasteiger partial charge is 0.444 e. The number of nitrogens with zero attached hydrogens (tertiary/aromatic N) is 3. The molecule has 0 unspecified atom stereocenters. The van der Waals surface area contributed by atoms with E-state index in [2.05, 4.69) is 9.89 Å². The minimum Gasteiger partial charge on any atom is -0.444 e. The summed E-state index contributed by atoms with van der Waals surface area (Å²) in [5.41, 5.74) is -0.443. The second-order valence-electron chi connectivity index (χ2n) is 5.64. The molecule has 1 aliphatic heterocycles. The van der Waals surface area contributed by atoms with E-state index < -0.39 is 5.60 Å². The molecule has 0 aromatic rings. The summed E-state index contributed by atoms with van der Waals surface area (Å²) in [6.45, 7) is 10.1. The third-order valence-corrected chi connectivity index (χ3v) is 2.83. The Hall–Kier alpha value is -1.39. The molecule has 0 saturated carbocycles. The fourth-order valence-electron chi connectivity index (χ4n) is 1.90. The molecule has 0 N–H and O–H groups in total. The lowest BCUT2D eigenvalue weighted by atomic mass is 10.2. The van der Waals surface area contributed by atoms with Crippen molar-refractivity contribution in [2.24, 2.45) is 4.99 Å². The van der Waals surface area contributed by atoms with Crippen LogP contribution in [0.5, 0.6) is 0 Å². The van der Waals surface area contributed by atoms with Crippen LogP contribution in [0.2, 0.25) is 0 Å². The van der Waals surface area contributed by atoms with Crippen molar-refractivity contribution in [1.29, 1.82) is 0 Å². The van der Waals surface area contributed by atoms with E-state index in [1.165, 1.54) is 6.08 Å². The number of carbonyl (C=O) groups is 1. The van der Waals surface area contributed by atoms with Gasteiger partial charge in [-0.3, -0.25) is 4.90 Å². The number of ether oxygens (including phenoxy) is 1. The van der Waals surface area contributed by atoms with Crippen molar-refractivity contribution in [3.63, 3.8) is 0 Å². The van der Waals surface area contributed by atoms with Gasteiger partial charge in [-0.1, -0.05) is 0 Å². The van der Waals surface area contributed by atoms with Gasteiger partial charge >= 0.3 is 6.09 Å². The van der Waals surface area contributed by atoms with Gasteiger partial charge in [0.15, 0.2) is 0 Å². The van der Waals surface area contributed by atoms with Crippen molar-refractivity contribution >= 4 is 12.2 Å². The highest BCUT2D eigenvalue weighted by atomic mass is 16.6. The third-order valence-electron chi connectivity index (χ3n) is 2.83. The van der Waals surface area contributed by atoms with Gasteiger partial charge in [-0.25, -0.2) is 14.6 Å². The van der Waals surface area contributed by atoms with E-state index in [-0.39, 0.29) is 6.09 Å². The fourth-order valence-corrected chi connectivity index (χ4v) is 1.90. The molecular weight excluding hydrogens is 246 g/mol. The molecule has 0 atom stereocenters. The van der Waals surface area contributed by atoms with Crippen molar-refractivity contribution < 1.29 is 14.3 Å². The molecule has 0 bridgehead atoms. The second kappa shape index (κ2) is 7.26. The molecule has 1 fully saturated rings. The van der Waals surface area contributed by atoms with Crippen LogP contribution in [0.4, 0.5) is 4.79 Å². The highest BCUT2D eigenvalue weighted by molar-refractivity contribution is 5.68. The molecule has 6 nitrogen and oxygen atoms in total. The Morgan fingerprint density at radius 3 is 2.42 bits per heavy atom. The first-order valence-corrected chi connectivity index (χ1v) is 6.66. The average Bonchev–Trinajstić information content (AvgIpc) is 2.33. The van der Waals surface area contributed by atoms with Crippen molar-refractivity contribution in [2.75, 3.05) is 39.3 Å². The van der Waals surface area contributed by atoms with Gasteiger partial charge in [0.2, 0.25) is 6.08 Å². The molecule has 1 rings (SSSR count). The van der Waals surface area contributed by atoms with Crippen LogP contribution in [0.1, 0.15) is 27.2 Å². The molecule has 6 heteroatoms. The first-order valence-electron chi connectivity index (χ1n) is 6.66. The average molecular weight is 269 g/mol. The Morgan fingerprint density at radius 1 is 1.26 bits per heavy atom. The Balaban J connectivity index is 2.25. The smallest absolute Gasteiger partial charge is 0.410 e. The molecule has 0 aromatic carbocycles. The zero-order valence-corrected chi connectivity index (χ0v) is 12.0. The summed E-state index contributed by atoms with van der Waals surface area (Å²) in [6.07, 6.45) is 2.15. The van der Waals surface area contributed by atoms with Crippen molar-refractivity contribution in [3.8, 4) is 0 Å². The van der Waals surface area contributed by atoms with Gasteiger partial charge < -0.3 is 9.64 Å². The van der Waals surface area contributed by atoms with Crippen LogP contribution in [-0.4, -0.2) is 66.8 Å². The van der Waals surface area contributed by atoms with Gasteiger partial charge in [-0.05, 0) is 27.2 Å². The number of aliphatic imine (C=N–C) groups is 1. The Bertz CT molecular complexity index is 338. The molecule has 108 valence electrons. The van der Waals surface area contributed by atoms with Crippen molar-refractivity contribution in [2.45, 2.75) is 32.8 Å². The van der Waals surface area contributed by atoms with E-state index in [4.69, 9.17) is 4.74 Å². The SMILES string of the molecule is CC(C)(C)OC(=O)N1CCN(CCCN=C=O)CC1. The number of carbonyl (C=O) groups excluding carboxylic acids is 2. The monoisotopic (exact) mass is 269 g/mol. The van der Waals surface area contributed by atoms with Crippen LogP contribution < -0.4 is 0 Å². The topological polar surface area (TPSA) is 62.2 Å². The summed E-state index contributed by atoms with van der Waals surface area (Å²) in [4.78, 5) is 29.3. The summed E-state index contributed by atoms with van der Waals surface area (Å²) in [7, 11) is 0. The quantitative estimate of drug-likeness (QED) is 0.438. The molecule has 1 saturated heterocycles. The highest BCUT2D eigenvalue weighted by Gasteiger charge is 2.25. The summed E-state index contributed by atoms with van der Waals surface area (Å²) in [5.74, 6) is 0. The van der Waals surface area contributed by atoms with Crippen molar-refractivity contribution in [1.82, 2.24) is 9.80 Å². The van der Waals surface area contributed by atoms with Gasteiger partial charge in [0, 0.05) is 32.7 Å². The normalized spacial score (nSPS) is 16.9. The van der Waals surface area contributed by atoms with Gasteiger partial charge in [0.25, 0.3) is 0 Å². The van der Waals surface area contributed by atoms with Crippen LogP contribution in [-0.2, 0) is 9.53 Å². The number of hydrogen-bond acceptors (Lipinski definition) is 5. The lowest BCUT2D eigenvalue weighted by Crippen LogP contribution is -2.50. The highest BCUT2D eigenvalue weighted by Crippen LogP contribution is 2.11. The lowest BCUT2D eigenvalue weighted by Gasteiger charge is -2.35. The molecule has 0 aliphatic carbocycles. The zero-order valence-electron chi connectivity index (χ0n) is 12.0. The number of hydrogen-bond donors (Lipinski definition) is 0. The first-order chi connectivity index (χ1) is 8.92. The van der Waals surface area contributed by atoms with Crippen LogP contribution in [0.15, 0.2) is 4.99 Å². The predicted molar refractivity (Wildman–Crippen MR) is 71.9 cm³/mol. The second-order valence-corrected chi connectivity index (χ2v) is 5.64. The molecule has 1 amide bonds. The van der Waals surface area contributed by atoms with Crippen LogP contribution in [0.25, 0.3) is 0 Å². The minimum atomic E-state index is -0.443. The summed E-state index contributed by atoms with van der Waals surface area (Å²) in [5, 5.41) is 0. The van der Waals surface area contributed by atoms with E-state index in [9.17, 15) is 9.59 Å². The molecule has 0 spiro atoms. The predicted octanol–water partition coefficient (Wildman–Crippen LogP) is 1.27. The maximum absolute atomic E-state index is 11.8. The van der Waals surface area contributed by atoms with E-state index >= 15 is 0 Å². The zero-order chi connectivity index (χ0) is 14.3. The van der Waals surface area contributed by atoms with Gasteiger partial charge in [-0.2, -0.15) is 0 Å². The van der Waals surface area contributed by atoms with E-state index in [1.54, 1.807) is 4.90 Å². The Kier molecular flexibility index (Phi) is 5.99. The summed E-state index contributed by atoms with van der Waals surface area (Å²) >= 11 is 0. The Labute approximate surface area is 114 Å². The maximum Gasteiger partial charge on any atom is 0.410 e. The molecule has 0 aromatic heterocycles. The van der Waals surface area contributed by atoms with Crippen LogP contribution in [0.3, 0.4) is 0 Å². The van der Waals surface area contributed by atoms with Crippen LogP contribution >= 0.6 is 0 Å². The molecule has 1 aliphatic rings. The van der Waals surface area contributed by atoms with Crippen molar-refractivity contribution in [3.05, 3.63) is 0 Å². The maximum atomic E-state index is 11.8. The number of isocyanates is 1. The lowest BCUT2D eigenvalue weighted by molar-refractivity contribution is 0.0145.